The molecule has 2 nitrogen and oxygen atoms in total. The molecule has 1 saturated heterocycles. The third-order valence-electron chi connectivity index (χ3n) is 4.05. The first-order valence-electron chi connectivity index (χ1n) is 6.82. The van der Waals surface area contributed by atoms with Crippen LogP contribution in [-0.2, 0) is 0 Å². The van der Waals surface area contributed by atoms with Crippen LogP contribution in [0.25, 0.3) is 0 Å². The molecule has 2 heteroatoms. The zero-order chi connectivity index (χ0) is 10.5. The van der Waals surface area contributed by atoms with Gasteiger partial charge < -0.3 is 10.6 Å². The SMILES string of the molecule is NC(CC1CCCCC1)CN1CCCC1. The molecule has 1 heterocycles. The van der Waals surface area contributed by atoms with Crippen LogP contribution >= 0.6 is 0 Å². The monoisotopic (exact) mass is 210 g/mol. The minimum atomic E-state index is 0.436. The van der Waals surface area contributed by atoms with Crippen LogP contribution in [0.3, 0.4) is 0 Å². The summed E-state index contributed by atoms with van der Waals surface area (Å²) >= 11 is 0. The molecule has 1 saturated carbocycles. The Morgan fingerprint density at radius 3 is 2.33 bits per heavy atom. The minimum Gasteiger partial charge on any atom is -0.327 e. The Hall–Kier alpha value is -0.0800. The lowest BCUT2D eigenvalue weighted by molar-refractivity contribution is 0.262. The Bertz CT molecular complexity index is 169. The molecular formula is C13H26N2. The fraction of sp³-hybridized carbons (Fsp3) is 1.00. The Kier molecular flexibility index (Phi) is 4.45. The van der Waals surface area contributed by atoms with Crippen LogP contribution in [0.4, 0.5) is 0 Å². The zero-order valence-corrected chi connectivity index (χ0v) is 9.96. The summed E-state index contributed by atoms with van der Waals surface area (Å²) in [6, 6.07) is 0.436. The van der Waals surface area contributed by atoms with Gasteiger partial charge in [-0.05, 0) is 38.3 Å². The number of nitrogens with two attached hydrogens (primary N) is 1. The quantitative estimate of drug-likeness (QED) is 0.772. The molecule has 0 amide bonds. The summed E-state index contributed by atoms with van der Waals surface area (Å²) in [5, 5.41) is 0. The zero-order valence-electron chi connectivity index (χ0n) is 9.96. The summed E-state index contributed by atoms with van der Waals surface area (Å²) < 4.78 is 0. The Morgan fingerprint density at radius 1 is 1.00 bits per heavy atom. The number of nitrogens with zero attached hydrogens (tertiary/aromatic N) is 1. The van der Waals surface area contributed by atoms with Crippen molar-refractivity contribution in [3.8, 4) is 0 Å². The Morgan fingerprint density at radius 2 is 1.67 bits per heavy atom. The van der Waals surface area contributed by atoms with Crippen molar-refractivity contribution in [2.24, 2.45) is 11.7 Å². The molecule has 2 rings (SSSR count). The molecule has 2 aliphatic rings. The highest BCUT2D eigenvalue weighted by molar-refractivity contribution is 4.77. The summed E-state index contributed by atoms with van der Waals surface area (Å²) in [4.78, 5) is 2.55. The van der Waals surface area contributed by atoms with Gasteiger partial charge in [-0.3, -0.25) is 0 Å². The number of hydrogen-bond acceptors (Lipinski definition) is 2. The highest BCUT2D eigenvalue weighted by atomic mass is 15.1. The second-order valence-corrected chi connectivity index (χ2v) is 5.51. The van der Waals surface area contributed by atoms with Crippen molar-refractivity contribution in [3.63, 3.8) is 0 Å². The van der Waals surface area contributed by atoms with Gasteiger partial charge >= 0.3 is 0 Å². The summed E-state index contributed by atoms with van der Waals surface area (Å²) in [5.41, 5.74) is 6.24. The van der Waals surface area contributed by atoms with Gasteiger partial charge in [0.15, 0.2) is 0 Å². The van der Waals surface area contributed by atoms with Crippen molar-refractivity contribution in [1.82, 2.24) is 4.90 Å². The van der Waals surface area contributed by atoms with Gasteiger partial charge in [-0.1, -0.05) is 32.1 Å². The van der Waals surface area contributed by atoms with E-state index in [9.17, 15) is 0 Å². The molecule has 0 aromatic carbocycles. The summed E-state index contributed by atoms with van der Waals surface area (Å²) in [7, 11) is 0. The molecule has 1 aliphatic carbocycles. The van der Waals surface area contributed by atoms with Crippen LogP contribution in [0.2, 0.25) is 0 Å². The first-order valence-corrected chi connectivity index (χ1v) is 6.82. The first kappa shape index (κ1) is 11.4. The van der Waals surface area contributed by atoms with Crippen molar-refractivity contribution in [1.29, 1.82) is 0 Å². The van der Waals surface area contributed by atoms with Gasteiger partial charge in [0.2, 0.25) is 0 Å². The minimum absolute atomic E-state index is 0.436. The van der Waals surface area contributed by atoms with Crippen LogP contribution in [0.15, 0.2) is 0 Å². The second-order valence-electron chi connectivity index (χ2n) is 5.51. The molecule has 2 fully saturated rings. The van der Waals surface area contributed by atoms with Gasteiger partial charge in [0.1, 0.15) is 0 Å². The van der Waals surface area contributed by atoms with Crippen molar-refractivity contribution < 1.29 is 0 Å². The van der Waals surface area contributed by atoms with Crippen molar-refractivity contribution in [2.45, 2.75) is 57.4 Å². The average molecular weight is 210 g/mol. The van der Waals surface area contributed by atoms with Gasteiger partial charge in [0, 0.05) is 12.6 Å². The predicted octanol–water partition coefficient (Wildman–Crippen LogP) is 2.38. The van der Waals surface area contributed by atoms with Gasteiger partial charge in [0.05, 0.1) is 0 Å². The van der Waals surface area contributed by atoms with E-state index >= 15 is 0 Å². The smallest absolute Gasteiger partial charge is 0.0170 e. The third kappa shape index (κ3) is 3.76. The fourth-order valence-corrected chi connectivity index (χ4v) is 3.22. The summed E-state index contributed by atoms with van der Waals surface area (Å²) in [5.74, 6) is 0.941. The Labute approximate surface area is 94.2 Å². The van der Waals surface area contributed by atoms with E-state index < -0.39 is 0 Å². The van der Waals surface area contributed by atoms with Crippen LogP contribution in [0.1, 0.15) is 51.4 Å². The first-order chi connectivity index (χ1) is 7.34. The van der Waals surface area contributed by atoms with E-state index in [-0.39, 0.29) is 0 Å². The lowest BCUT2D eigenvalue weighted by Crippen LogP contribution is -2.37. The molecule has 0 aromatic heterocycles. The maximum absolute atomic E-state index is 6.24. The number of likely N-dealkylation sites (tertiary alicyclic amines) is 1. The Balaban J connectivity index is 1.64. The predicted molar refractivity (Wildman–Crippen MR) is 64.8 cm³/mol. The lowest BCUT2D eigenvalue weighted by Gasteiger charge is -2.27. The van der Waals surface area contributed by atoms with E-state index in [1.165, 1.54) is 64.5 Å². The molecule has 0 radical (unpaired) electrons. The van der Waals surface area contributed by atoms with E-state index in [4.69, 9.17) is 5.73 Å². The molecule has 1 unspecified atom stereocenters. The molecule has 15 heavy (non-hydrogen) atoms. The fourth-order valence-electron chi connectivity index (χ4n) is 3.22. The van der Waals surface area contributed by atoms with Gasteiger partial charge in [-0.15, -0.1) is 0 Å². The molecule has 1 aliphatic heterocycles. The standard InChI is InChI=1S/C13H26N2/c14-13(11-15-8-4-5-9-15)10-12-6-2-1-3-7-12/h12-13H,1-11,14H2. The van der Waals surface area contributed by atoms with E-state index in [1.807, 2.05) is 0 Å². The molecule has 1 atom stereocenters. The van der Waals surface area contributed by atoms with Crippen molar-refractivity contribution in [3.05, 3.63) is 0 Å². The van der Waals surface area contributed by atoms with Crippen LogP contribution in [0.5, 0.6) is 0 Å². The second kappa shape index (κ2) is 5.86. The van der Waals surface area contributed by atoms with Crippen molar-refractivity contribution >= 4 is 0 Å². The highest BCUT2D eigenvalue weighted by Crippen LogP contribution is 2.27. The maximum Gasteiger partial charge on any atom is 0.0170 e. The summed E-state index contributed by atoms with van der Waals surface area (Å²) in [6.45, 7) is 3.73. The third-order valence-corrected chi connectivity index (χ3v) is 4.05. The topological polar surface area (TPSA) is 29.3 Å². The lowest BCUT2D eigenvalue weighted by atomic mass is 9.85. The van der Waals surface area contributed by atoms with Crippen LogP contribution < -0.4 is 5.73 Å². The number of rotatable bonds is 4. The molecule has 0 spiro atoms. The van der Waals surface area contributed by atoms with E-state index in [2.05, 4.69) is 4.90 Å². The average Bonchev–Trinajstić information content (AvgIpc) is 2.71. The molecular weight excluding hydrogens is 184 g/mol. The maximum atomic E-state index is 6.24. The molecule has 88 valence electrons. The largest absolute Gasteiger partial charge is 0.327 e. The molecule has 0 bridgehead atoms. The van der Waals surface area contributed by atoms with Crippen LogP contribution in [0, 0.1) is 5.92 Å². The molecule has 2 N–H and O–H groups in total. The van der Waals surface area contributed by atoms with E-state index in [0.29, 0.717) is 6.04 Å². The molecule has 0 aromatic rings. The van der Waals surface area contributed by atoms with Gasteiger partial charge in [-0.2, -0.15) is 0 Å². The van der Waals surface area contributed by atoms with Gasteiger partial charge in [0.25, 0.3) is 0 Å². The highest BCUT2D eigenvalue weighted by Gasteiger charge is 2.19. The van der Waals surface area contributed by atoms with E-state index in [0.717, 1.165) is 12.5 Å². The number of hydrogen-bond donors (Lipinski definition) is 1. The van der Waals surface area contributed by atoms with Gasteiger partial charge in [-0.25, -0.2) is 0 Å². The van der Waals surface area contributed by atoms with E-state index in [1.54, 1.807) is 0 Å². The van der Waals surface area contributed by atoms with Crippen LogP contribution in [-0.4, -0.2) is 30.6 Å². The van der Waals surface area contributed by atoms with Crippen molar-refractivity contribution in [2.75, 3.05) is 19.6 Å². The summed E-state index contributed by atoms with van der Waals surface area (Å²) in [6.07, 6.45) is 11.3. The normalized spacial score (nSPS) is 27.0.